The summed E-state index contributed by atoms with van der Waals surface area (Å²) in [6.45, 7) is 1.83. The fourth-order valence-corrected chi connectivity index (χ4v) is 2.10. The number of nitro groups is 1. The van der Waals surface area contributed by atoms with Crippen LogP contribution in [0.15, 0.2) is 34.9 Å². The van der Waals surface area contributed by atoms with Crippen molar-refractivity contribution < 1.29 is 9.31 Å². The molecule has 0 aliphatic heterocycles. The second kappa shape index (κ2) is 5.96. The van der Waals surface area contributed by atoms with E-state index in [-0.39, 0.29) is 23.9 Å². The average molecular weight is 340 g/mol. The number of benzene rings is 1. The van der Waals surface area contributed by atoms with Crippen LogP contribution in [0.1, 0.15) is 11.1 Å². The first-order valence-electron chi connectivity index (χ1n) is 5.76. The molecule has 0 aliphatic carbocycles. The molecular formula is C13H11BrFN3O2. The van der Waals surface area contributed by atoms with E-state index in [9.17, 15) is 14.5 Å². The van der Waals surface area contributed by atoms with E-state index in [0.717, 1.165) is 4.47 Å². The topological polar surface area (TPSA) is 68.1 Å². The summed E-state index contributed by atoms with van der Waals surface area (Å²) in [7, 11) is 0. The summed E-state index contributed by atoms with van der Waals surface area (Å²) >= 11 is 3.25. The smallest absolute Gasteiger partial charge is 0.311 e. The summed E-state index contributed by atoms with van der Waals surface area (Å²) in [6, 6.07) is 5.96. The first-order chi connectivity index (χ1) is 9.47. The molecule has 0 amide bonds. The molecule has 7 heteroatoms. The summed E-state index contributed by atoms with van der Waals surface area (Å²) in [6.07, 6.45) is 1.52. The monoisotopic (exact) mass is 339 g/mol. The van der Waals surface area contributed by atoms with Crippen molar-refractivity contribution in [2.75, 3.05) is 5.32 Å². The third-order valence-corrected chi connectivity index (χ3v) is 3.15. The number of rotatable bonds is 4. The Morgan fingerprint density at radius 2 is 2.20 bits per heavy atom. The van der Waals surface area contributed by atoms with Gasteiger partial charge in [0.25, 0.3) is 0 Å². The van der Waals surface area contributed by atoms with Gasteiger partial charge in [0.05, 0.1) is 4.92 Å². The largest absolute Gasteiger partial charge is 0.360 e. The van der Waals surface area contributed by atoms with Gasteiger partial charge in [0, 0.05) is 28.8 Å². The average Bonchev–Trinajstić information content (AvgIpc) is 2.40. The highest BCUT2D eigenvalue weighted by Gasteiger charge is 2.15. The van der Waals surface area contributed by atoms with Gasteiger partial charge in [-0.2, -0.15) is 0 Å². The molecule has 104 valence electrons. The highest BCUT2D eigenvalue weighted by Crippen LogP contribution is 2.24. The minimum absolute atomic E-state index is 0.113. The predicted molar refractivity (Wildman–Crippen MR) is 77.1 cm³/mol. The maximum absolute atomic E-state index is 13.6. The van der Waals surface area contributed by atoms with Crippen molar-refractivity contribution in [2.45, 2.75) is 13.5 Å². The van der Waals surface area contributed by atoms with E-state index in [0.29, 0.717) is 11.1 Å². The van der Waals surface area contributed by atoms with Crippen LogP contribution < -0.4 is 5.32 Å². The Balaban J connectivity index is 2.23. The van der Waals surface area contributed by atoms with E-state index in [1.807, 2.05) is 0 Å². The number of hydrogen-bond donors (Lipinski definition) is 1. The van der Waals surface area contributed by atoms with Gasteiger partial charge in [0.15, 0.2) is 0 Å². The van der Waals surface area contributed by atoms with Crippen molar-refractivity contribution in [1.82, 2.24) is 4.98 Å². The second-order valence-corrected chi connectivity index (χ2v) is 5.14. The zero-order valence-corrected chi connectivity index (χ0v) is 12.1. The highest BCUT2D eigenvalue weighted by molar-refractivity contribution is 9.10. The van der Waals surface area contributed by atoms with Crippen LogP contribution in [0.5, 0.6) is 0 Å². The molecule has 1 aromatic heterocycles. The van der Waals surface area contributed by atoms with E-state index >= 15 is 0 Å². The van der Waals surface area contributed by atoms with E-state index in [2.05, 4.69) is 26.2 Å². The minimum Gasteiger partial charge on any atom is -0.360 e. The molecule has 0 spiro atoms. The molecule has 0 fully saturated rings. The summed E-state index contributed by atoms with van der Waals surface area (Å²) in [4.78, 5) is 14.4. The normalized spacial score (nSPS) is 10.3. The summed E-state index contributed by atoms with van der Waals surface area (Å²) in [5.41, 5.74) is 0.965. The molecule has 0 aliphatic rings. The number of pyridine rings is 1. The van der Waals surface area contributed by atoms with Gasteiger partial charge in [-0.3, -0.25) is 10.1 Å². The van der Waals surface area contributed by atoms with Gasteiger partial charge in [-0.1, -0.05) is 15.9 Å². The number of nitrogens with one attached hydrogen (secondary N) is 1. The van der Waals surface area contributed by atoms with Crippen LogP contribution in [0.25, 0.3) is 0 Å². The lowest BCUT2D eigenvalue weighted by Crippen LogP contribution is -2.06. The number of aryl methyl sites for hydroxylation is 1. The van der Waals surface area contributed by atoms with Crippen molar-refractivity contribution >= 4 is 27.4 Å². The van der Waals surface area contributed by atoms with Gasteiger partial charge >= 0.3 is 5.69 Å². The van der Waals surface area contributed by atoms with Gasteiger partial charge in [-0.05, 0) is 30.7 Å². The van der Waals surface area contributed by atoms with Crippen LogP contribution in [0, 0.1) is 22.9 Å². The van der Waals surface area contributed by atoms with Crippen molar-refractivity contribution in [2.24, 2.45) is 0 Å². The van der Waals surface area contributed by atoms with Crippen molar-refractivity contribution in [3.8, 4) is 0 Å². The lowest BCUT2D eigenvalue weighted by atomic mass is 10.2. The molecule has 5 nitrogen and oxygen atoms in total. The third kappa shape index (κ3) is 3.30. The highest BCUT2D eigenvalue weighted by atomic mass is 79.9. The molecule has 0 radical (unpaired) electrons. The van der Waals surface area contributed by atoms with Gasteiger partial charge in [-0.25, -0.2) is 9.37 Å². The van der Waals surface area contributed by atoms with E-state index in [1.165, 1.54) is 18.3 Å². The molecule has 1 aromatic carbocycles. The molecule has 0 saturated heterocycles. The Kier molecular flexibility index (Phi) is 4.29. The summed E-state index contributed by atoms with van der Waals surface area (Å²) < 4.78 is 14.3. The molecule has 2 rings (SSSR count). The molecular weight excluding hydrogens is 329 g/mol. The summed E-state index contributed by atoms with van der Waals surface area (Å²) in [5.74, 6) is -0.254. The molecule has 0 unspecified atom stereocenters. The first kappa shape index (κ1) is 14.4. The quantitative estimate of drug-likeness (QED) is 0.679. The van der Waals surface area contributed by atoms with Crippen molar-refractivity contribution in [3.05, 3.63) is 62.0 Å². The Labute approximate surface area is 123 Å². The summed E-state index contributed by atoms with van der Waals surface area (Å²) in [5, 5.41) is 13.7. The molecule has 1 N–H and O–H groups in total. The van der Waals surface area contributed by atoms with Gasteiger partial charge in [-0.15, -0.1) is 0 Å². The number of anilines is 1. The maximum atomic E-state index is 13.6. The minimum atomic E-state index is -0.514. The number of nitrogens with zero attached hydrogens (tertiary/aromatic N) is 2. The fraction of sp³-hybridized carbons (Fsp3) is 0.154. The lowest BCUT2D eigenvalue weighted by Gasteiger charge is -2.08. The van der Waals surface area contributed by atoms with Gasteiger partial charge in [0.2, 0.25) is 5.82 Å². The Hall–Kier alpha value is -2.02. The fourth-order valence-electron chi connectivity index (χ4n) is 1.69. The maximum Gasteiger partial charge on any atom is 0.311 e. The Morgan fingerprint density at radius 3 is 2.90 bits per heavy atom. The molecule has 20 heavy (non-hydrogen) atoms. The van der Waals surface area contributed by atoms with Crippen molar-refractivity contribution in [1.29, 1.82) is 0 Å². The van der Waals surface area contributed by atoms with Crippen LogP contribution >= 0.6 is 15.9 Å². The number of hydrogen-bond acceptors (Lipinski definition) is 4. The molecule has 0 saturated carbocycles. The van der Waals surface area contributed by atoms with E-state index < -0.39 is 4.92 Å². The standard InChI is InChI=1S/C13H11BrFN3O2/c1-8-4-12(18(19)20)13(16-6-8)17-7-9-5-10(14)2-3-11(9)15/h2-6H,7H2,1H3,(H,16,17). The Morgan fingerprint density at radius 1 is 1.45 bits per heavy atom. The first-order valence-corrected chi connectivity index (χ1v) is 6.55. The number of halogens is 2. The third-order valence-electron chi connectivity index (χ3n) is 2.66. The SMILES string of the molecule is Cc1cnc(NCc2cc(Br)ccc2F)c([N+](=O)[O-])c1. The van der Waals surface area contributed by atoms with Crippen LogP contribution in [-0.4, -0.2) is 9.91 Å². The molecule has 1 heterocycles. The second-order valence-electron chi connectivity index (χ2n) is 4.23. The molecule has 0 bridgehead atoms. The van der Waals surface area contributed by atoms with Gasteiger partial charge < -0.3 is 5.32 Å². The zero-order chi connectivity index (χ0) is 14.7. The molecule has 0 atom stereocenters. The predicted octanol–water partition coefficient (Wildman–Crippen LogP) is 3.81. The zero-order valence-electron chi connectivity index (χ0n) is 10.6. The van der Waals surface area contributed by atoms with E-state index in [1.54, 1.807) is 19.1 Å². The number of aromatic nitrogens is 1. The van der Waals surface area contributed by atoms with Crippen LogP contribution in [-0.2, 0) is 6.54 Å². The van der Waals surface area contributed by atoms with Crippen molar-refractivity contribution in [3.63, 3.8) is 0 Å². The van der Waals surface area contributed by atoms with Crippen LogP contribution in [0.3, 0.4) is 0 Å². The molecule has 2 aromatic rings. The van der Waals surface area contributed by atoms with E-state index in [4.69, 9.17) is 0 Å². The van der Waals surface area contributed by atoms with Crippen LogP contribution in [0.2, 0.25) is 0 Å². The Bertz CT molecular complexity index is 664. The lowest BCUT2D eigenvalue weighted by molar-refractivity contribution is -0.384. The van der Waals surface area contributed by atoms with Crippen LogP contribution in [0.4, 0.5) is 15.9 Å². The van der Waals surface area contributed by atoms with Gasteiger partial charge in [0.1, 0.15) is 5.82 Å².